The molecule has 92 valence electrons. The molecule has 0 fully saturated rings. The summed E-state index contributed by atoms with van der Waals surface area (Å²) >= 11 is 0. The van der Waals surface area contributed by atoms with Crippen molar-refractivity contribution in [2.45, 2.75) is 0 Å². The molecule has 19 heavy (non-hydrogen) atoms. The van der Waals surface area contributed by atoms with Gasteiger partial charge in [0.05, 0.1) is 6.85 Å². The molecule has 0 saturated carbocycles. The van der Waals surface area contributed by atoms with Crippen LogP contribution >= 0.6 is 0 Å². The van der Waals surface area contributed by atoms with Crippen LogP contribution in [0.2, 0.25) is 0 Å². The molecule has 0 aromatic heterocycles. The van der Waals surface area contributed by atoms with Crippen molar-refractivity contribution in [2.24, 2.45) is 0 Å². The van der Waals surface area contributed by atoms with Gasteiger partial charge in [-0.1, -0.05) is 60.6 Å². The molecule has 1 N–H and O–H groups in total. The van der Waals surface area contributed by atoms with Gasteiger partial charge >= 0.3 is 0 Å². The van der Waals surface area contributed by atoms with Crippen molar-refractivity contribution in [2.75, 3.05) is 5.32 Å². The SMILES string of the molecule is [2H]c1ccccc1-c1c([2H])c([2H])c(Nc2ccccc2)c([2H])c1[2H]. The molecular formula is C18H15N. The predicted octanol–water partition coefficient (Wildman–Crippen LogP) is 5.10. The van der Waals surface area contributed by atoms with Gasteiger partial charge in [0.2, 0.25) is 0 Å². The molecule has 3 aromatic rings. The summed E-state index contributed by atoms with van der Waals surface area (Å²) in [6.45, 7) is 0. The van der Waals surface area contributed by atoms with Gasteiger partial charge < -0.3 is 5.32 Å². The lowest BCUT2D eigenvalue weighted by Gasteiger charge is -2.07. The summed E-state index contributed by atoms with van der Waals surface area (Å²) in [5, 5.41) is 2.95. The molecular weight excluding hydrogens is 230 g/mol. The minimum absolute atomic E-state index is 0.127. The van der Waals surface area contributed by atoms with E-state index in [0.717, 1.165) is 0 Å². The van der Waals surface area contributed by atoms with E-state index in [-0.39, 0.29) is 41.5 Å². The molecule has 1 nitrogen and oxygen atoms in total. The van der Waals surface area contributed by atoms with Gasteiger partial charge in [0, 0.05) is 11.4 Å². The minimum atomic E-state index is -0.158. The highest BCUT2D eigenvalue weighted by Crippen LogP contribution is 2.22. The zero-order valence-electron chi connectivity index (χ0n) is 15.2. The standard InChI is InChI=1S/C18H15N/c1-3-7-15(8-4-1)16-11-13-18(14-12-16)19-17-9-5-2-6-10-17/h1-14,19H/i7D,11D,12D,13D,14D. The van der Waals surface area contributed by atoms with E-state index in [1.165, 1.54) is 0 Å². The van der Waals surface area contributed by atoms with Crippen molar-refractivity contribution in [3.05, 3.63) is 84.8 Å². The molecule has 3 rings (SSSR count). The summed E-state index contributed by atoms with van der Waals surface area (Å²) in [5.41, 5.74) is 1.35. The third-order valence-corrected chi connectivity index (χ3v) is 2.65. The third-order valence-electron chi connectivity index (χ3n) is 2.65. The summed E-state index contributed by atoms with van der Waals surface area (Å²) in [4.78, 5) is 0. The molecule has 0 saturated heterocycles. The number of anilines is 2. The minimum Gasteiger partial charge on any atom is -0.356 e. The van der Waals surface area contributed by atoms with Crippen LogP contribution in [0, 0.1) is 0 Å². The number of para-hydroxylation sites is 1. The first-order valence-electron chi connectivity index (χ1n) is 8.49. The Kier molecular flexibility index (Phi) is 2.03. The second-order valence-corrected chi connectivity index (χ2v) is 4.02. The molecule has 1 heteroatoms. The molecule has 0 atom stereocenters. The van der Waals surface area contributed by atoms with Crippen LogP contribution in [-0.2, 0) is 0 Å². The Morgan fingerprint density at radius 3 is 2.00 bits per heavy atom. The fraction of sp³-hybridized carbons (Fsp3) is 0. The summed E-state index contributed by atoms with van der Waals surface area (Å²) in [6.07, 6.45) is 0. The fourth-order valence-corrected chi connectivity index (χ4v) is 1.72. The third kappa shape index (κ3) is 2.83. The summed E-state index contributed by atoms with van der Waals surface area (Å²) < 4.78 is 40.9. The van der Waals surface area contributed by atoms with Gasteiger partial charge in [0.1, 0.15) is 0 Å². The first-order chi connectivity index (χ1) is 11.5. The van der Waals surface area contributed by atoms with E-state index in [2.05, 4.69) is 5.32 Å². The van der Waals surface area contributed by atoms with Crippen molar-refractivity contribution in [1.82, 2.24) is 0 Å². The van der Waals surface area contributed by atoms with Crippen molar-refractivity contribution in [1.29, 1.82) is 0 Å². The number of rotatable bonds is 3. The summed E-state index contributed by atoms with van der Waals surface area (Å²) in [7, 11) is 0. The average molecular weight is 250 g/mol. The van der Waals surface area contributed by atoms with E-state index in [1.807, 2.05) is 18.2 Å². The summed E-state index contributed by atoms with van der Waals surface area (Å²) in [5.74, 6) is 0. The summed E-state index contributed by atoms with van der Waals surface area (Å²) in [6, 6.07) is 15.2. The Bertz CT molecular complexity index is 864. The van der Waals surface area contributed by atoms with Crippen molar-refractivity contribution < 1.29 is 6.85 Å². The second kappa shape index (κ2) is 5.40. The lowest BCUT2D eigenvalue weighted by Crippen LogP contribution is -1.89. The van der Waals surface area contributed by atoms with Gasteiger partial charge in [-0.15, -0.1) is 0 Å². The average Bonchev–Trinajstić information content (AvgIpc) is 2.60. The molecule has 0 bridgehead atoms. The number of nitrogens with one attached hydrogen (secondary N) is 1. The van der Waals surface area contributed by atoms with Crippen molar-refractivity contribution in [3.63, 3.8) is 0 Å². The zero-order valence-corrected chi connectivity index (χ0v) is 10.2. The quantitative estimate of drug-likeness (QED) is 0.682. The normalized spacial score (nSPS) is 13.8. The van der Waals surface area contributed by atoms with Gasteiger partial charge in [-0.25, -0.2) is 0 Å². The highest BCUT2D eigenvalue weighted by Gasteiger charge is 1.97. The van der Waals surface area contributed by atoms with E-state index in [0.29, 0.717) is 11.3 Å². The van der Waals surface area contributed by atoms with Crippen LogP contribution in [0.4, 0.5) is 11.4 Å². The molecule has 0 spiro atoms. The van der Waals surface area contributed by atoms with E-state index in [4.69, 9.17) is 6.85 Å². The molecule has 0 aliphatic carbocycles. The van der Waals surface area contributed by atoms with E-state index < -0.39 is 0 Å². The maximum absolute atomic E-state index is 8.26. The van der Waals surface area contributed by atoms with Crippen LogP contribution in [0.1, 0.15) is 6.85 Å². The van der Waals surface area contributed by atoms with E-state index in [1.54, 1.807) is 36.4 Å². The van der Waals surface area contributed by atoms with Crippen molar-refractivity contribution in [3.8, 4) is 11.1 Å². The zero-order chi connectivity index (χ0) is 17.3. The highest BCUT2D eigenvalue weighted by atomic mass is 14.9. The number of hydrogen-bond donors (Lipinski definition) is 1. The van der Waals surface area contributed by atoms with Crippen LogP contribution in [-0.4, -0.2) is 0 Å². The maximum atomic E-state index is 8.26. The van der Waals surface area contributed by atoms with Gasteiger partial charge in [0.15, 0.2) is 0 Å². The van der Waals surface area contributed by atoms with E-state index in [9.17, 15) is 0 Å². The molecule has 3 aromatic carbocycles. The molecule has 0 unspecified atom stereocenters. The van der Waals surface area contributed by atoms with E-state index >= 15 is 0 Å². The lowest BCUT2D eigenvalue weighted by molar-refractivity contribution is 1.54. The Hall–Kier alpha value is -2.54. The van der Waals surface area contributed by atoms with Gasteiger partial charge in [-0.3, -0.25) is 0 Å². The Morgan fingerprint density at radius 2 is 1.26 bits per heavy atom. The molecule has 0 heterocycles. The van der Waals surface area contributed by atoms with Crippen LogP contribution in [0.15, 0.2) is 84.8 Å². The fourth-order valence-electron chi connectivity index (χ4n) is 1.72. The predicted molar refractivity (Wildman–Crippen MR) is 81.6 cm³/mol. The Balaban J connectivity index is 2.18. The van der Waals surface area contributed by atoms with Gasteiger partial charge in [0.25, 0.3) is 0 Å². The van der Waals surface area contributed by atoms with Crippen LogP contribution in [0.3, 0.4) is 0 Å². The topological polar surface area (TPSA) is 12.0 Å². The first-order valence-corrected chi connectivity index (χ1v) is 5.99. The maximum Gasteiger partial charge on any atom is 0.0645 e. The van der Waals surface area contributed by atoms with Crippen LogP contribution < -0.4 is 5.32 Å². The second-order valence-electron chi connectivity index (χ2n) is 4.02. The molecule has 0 aliphatic heterocycles. The Morgan fingerprint density at radius 1 is 0.579 bits per heavy atom. The monoisotopic (exact) mass is 250 g/mol. The molecule has 0 aliphatic rings. The van der Waals surface area contributed by atoms with Crippen LogP contribution in [0.25, 0.3) is 11.1 Å². The highest BCUT2D eigenvalue weighted by molar-refractivity contribution is 5.68. The molecule has 0 amide bonds. The molecule has 0 radical (unpaired) electrons. The largest absolute Gasteiger partial charge is 0.356 e. The van der Waals surface area contributed by atoms with Gasteiger partial charge in [-0.05, 0) is 35.3 Å². The number of benzene rings is 3. The first kappa shape index (κ1) is 7.15. The lowest BCUT2D eigenvalue weighted by atomic mass is 10.1. The smallest absolute Gasteiger partial charge is 0.0645 e. The van der Waals surface area contributed by atoms with Crippen molar-refractivity contribution >= 4 is 11.4 Å². The van der Waals surface area contributed by atoms with Gasteiger partial charge in [-0.2, -0.15) is 0 Å². The number of hydrogen-bond acceptors (Lipinski definition) is 1. The van der Waals surface area contributed by atoms with Crippen LogP contribution in [0.5, 0.6) is 0 Å². The Labute approximate surface area is 120 Å².